The van der Waals surface area contributed by atoms with Gasteiger partial charge < -0.3 is 9.84 Å². The van der Waals surface area contributed by atoms with Crippen LogP contribution in [0.1, 0.15) is 11.7 Å². The van der Waals surface area contributed by atoms with E-state index in [9.17, 15) is 17.9 Å². The predicted octanol–water partition coefficient (Wildman–Crippen LogP) is 2.34. The van der Waals surface area contributed by atoms with Crippen LogP contribution >= 0.6 is 0 Å². The molecule has 2 rings (SSSR count). The molecule has 0 amide bonds. The van der Waals surface area contributed by atoms with Crippen molar-refractivity contribution in [2.75, 3.05) is 12.9 Å². The van der Waals surface area contributed by atoms with Crippen molar-refractivity contribution in [3.05, 3.63) is 59.9 Å². The van der Waals surface area contributed by atoms with Gasteiger partial charge in [0.2, 0.25) is 0 Å². The molecular weight excluding hydrogens is 295 g/mol. The van der Waals surface area contributed by atoms with Crippen molar-refractivity contribution < 1.29 is 22.7 Å². The molecule has 0 aliphatic heterocycles. The fourth-order valence-electron chi connectivity index (χ4n) is 2.03. The van der Waals surface area contributed by atoms with Crippen LogP contribution in [0.3, 0.4) is 0 Å². The quantitative estimate of drug-likeness (QED) is 0.920. The number of hydrogen-bond acceptors (Lipinski definition) is 4. The molecule has 0 aromatic heterocycles. The highest BCUT2D eigenvalue weighted by atomic mass is 32.2. The van der Waals surface area contributed by atoms with Gasteiger partial charge in [-0.05, 0) is 18.2 Å². The molecule has 1 unspecified atom stereocenters. The first-order valence-electron chi connectivity index (χ1n) is 6.24. The van der Waals surface area contributed by atoms with Crippen molar-refractivity contribution in [1.29, 1.82) is 0 Å². The molecule has 112 valence electrons. The molecule has 0 bridgehead atoms. The third-order valence-electron chi connectivity index (χ3n) is 3.05. The van der Waals surface area contributed by atoms with Gasteiger partial charge in [0.25, 0.3) is 0 Å². The lowest BCUT2D eigenvalue weighted by molar-refractivity contribution is 0.196. The Hall–Kier alpha value is -1.92. The van der Waals surface area contributed by atoms with E-state index in [4.69, 9.17) is 4.74 Å². The zero-order valence-corrected chi connectivity index (χ0v) is 12.2. The third kappa shape index (κ3) is 3.40. The SMILES string of the molecule is COc1ccccc1C(O)CS(=O)(=O)c1ccccc1F. The molecule has 1 N–H and O–H groups in total. The van der Waals surface area contributed by atoms with Crippen molar-refractivity contribution in [2.45, 2.75) is 11.0 Å². The maximum atomic E-state index is 13.6. The number of sulfone groups is 1. The molecule has 0 heterocycles. The first-order valence-corrected chi connectivity index (χ1v) is 7.89. The van der Waals surface area contributed by atoms with Crippen molar-refractivity contribution in [2.24, 2.45) is 0 Å². The van der Waals surface area contributed by atoms with Crippen LogP contribution in [0, 0.1) is 5.82 Å². The van der Waals surface area contributed by atoms with Gasteiger partial charge in [0.1, 0.15) is 16.5 Å². The van der Waals surface area contributed by atoms with Gasteiger partial charge in [-0.2, -0.15) is 0 Å². The number of rotatable bonds is 5. The number of benzene rings is 2. The van der Waals surface area contributed by atoms with E-state index in [0.29, 0.717) is 11.3 Å². The Morgan fingerprint density at radius 1 is 1.14 bits per heavy atom. The van der Waals surface area contributed by atoms with E-state index in [-0.39, 0.29) is 0 Å². The summed E-state index contributed by atoms with van der Waals surface area (Å²) < 4.78 is 43.1. The van der Waals surface area contributed by atoms with Gasteiger partial charge in [-0.3, -0.25) is 0 Å². The molecule has 0 spiro atoms. The third-order valence-corrected chi connectivity index (χ3v) is 4.80. The first-order chi connectivity index (χ1) is 9.95. The summed E-state index contributed by atoms with van der Waals surface area (Å²) in [7, 11) is -2.52. The highest BCUT2D eigenvalue weighted by molar-refractivity contribution is 7.91. The minimum atomic E-state index is -3.94. The maximum absolute atomic E-state index is 13.6. The van der Waals surface area contributed by atoms with Crippen LogP contribution in [-0.4, -0.2) is 26.4 Å². The summed E-state index contributed by atoms with van der Waals surface area (Å²) in [6.07, 6.45) is -1.30. The van der Waals surface area contributed by atoms with Gasteiger partial charge >= 0.3 is 0 Å². The Morgan fingerprint density at radius 2 is 1.76 bits per heavy atom. The topological polar surface area (TPSA) is 63.6 Å². The van der Waals surface area contributed by atoms with Crippen LogP contribution in [0.5, 0.6) is 5.75 Å². The molecule has 0 fully saturated rings. The van der Waals surface area contributed by atoms with Gasteiger partial charge in [-0.25, -0.2) is 12.8 Å². The molecule has 4 nitrogen and oxygen atoms in total. The summed E-state index contributed by atoms with van der Waals surface area (Å²) in [5.41, 5.74) is 0.347. The number of hydrogen-bond donors (Lipinski definition) is 1. The van der Waals surface area contributed by atoms with E-state index in [1.807, 2.05) is 0 Å². The minimum absolute atomic E-state index is 0.347. The number of halogens is 1. The second kappa shape index (κ2) is 6.24. The van der Waals surface area contributed by atoms with Crippen molar-refractivity contribution >= 4 is 9.84 Å². The normalized spacial score (nSPS) is 12.9. The first kappa shape index (κ1) is 15.5. The molecule has 2 aromatic carbocycles. The highest BCUT2D eigenvalue weighted by Gasteiger charge is 2.25. The van der Waals surface area contributed by atoms with Gasteiger partial charge in [0, 0.05) is 5.56 Å². The zero-order valence-electron chi connectivity index (χ0n) is 11.4. The molecule has 6 heteroatoms. The van der Waals surface area contributed by atoms with Crippen LogP contribution in [0.4, 0.5) is 4.39 Å². The number of ether oxygens (including phenoxy) is 1. The number of aliphatic hydroxyl groups excluding tert-OH is 1. The van der Waals surface area contributed by atoms with Gasteiger partial charge in [0.05, 0.1) is 19.0 Å². The molecule has 2 aromatic rings. The Balaban J connectivity index is 2.31. The molecule has 0 saturated carbocycles. The van der Waals surface area contributed by atoms with E-state index in [2.05, 4.69) is 0 Å². The van der Waals surface area contributed by atoms with Crippen LogP contribution in [0.15, 0.2) is 53.4 Å². The number of aliphatic hydroxyl groups is 1. The lowest BCUT2D eigenvalue weighted by atomic mass is 10.1. The summed E-state index contributed by atoms with van der Waals surface area (Å²) in [6.45, 7) is 0. The average Bonchev–Trinajstić information content (AvgIpc) is 2.47. The van der Waals surface area contributed by atoms with Crippen LogP contribution in [0.25, 0.3) is 0 Å². The molecule has 0 saturated heterocycles. The van der Waals surface area contributed by atoms with Gasteiger partial charge in [-0.1, -0.05) is 30.3 Å². The van der Waals surface area contributed by atoms with Crippen molar-refractivity contribution in [3.63, 3.8) is 0 Å². The number of para-hydroxylation sites is 1. The summed E-state index contributed by atoms with van der Waals surface area (Å²) in [4.78, 5) is -0.418. The van der Waals surface area contributed by atoms with E-state index >= 15 is 0 Å². The van der Waals surface area contributed by atoms with Gasteiger partial charge in [0.15, 0.2) is 9.84 Å². The molecule has 0 aliphatic rings. The van der Waals surface area contributed by atoms with E-state index in [0.717, 1.165) is 6.07 Å². The summed E-state index contributed by atoms with van der Waals surface area (Å²) in [6, 6.07) is 11.7. The largest absolute Gasteiger partial charge is 0.496 e. The van der Waals surface area contributed by atoms with E-state index < -0.39 is 32.4 Å². The fourth-order valence-corrected chi connectivity index (χ4v) is 3.45. The van der Waals surface area contributed by atoms with E-state index in [1.165, 1.54) is 25.3 Å². The predicted molar refractivity (Wildman–Crippen MR) is 76.4 cm³/mol. The van der Waals surface area contributed by atoms with Crippen LogP contribution in [-0.2, 0) is 9.84 Å². The Bertz CT molecular complexity index is 728. The van der Waals surface area contributed by atoms with Crippen LogP contribution in [0.2, 0.25) is 0 Å². The van der Waals surface area contributed by atoms with Crippen LogP contribution < -0.4 is 4.74 Å². The Kier molecular flexibility index (Phi) is 4.59. The monoisotopic (exact) mass is 310 g/mol. The summed E-state index contributed by atoms with van der Waals surface area (Å²) in [5, 5.41) is 10.1. The molecular formula is C15H15FO4S. The lowest BCUT2D eigenvalue weighted by Crippen LogP contribution is -2.16. The second-order valence-corrected chi connectivity index (χ2v) is 6.47. The molecule has 1 atom stereocenters. The Morgan fingerprint density at radius 3 is 2.43 bits per heavy atom. The molecule has 0 radical (unpaired) electrons. The molecule has 21 heavy (non-hydrogen) atoms. The fraction of sp³-hybridized carbons (Fsp3) is 0.200. The van der Waals surface area contributed by atoms with Gasteiger partial charge in [-0.15, -0.1) is 0 Å². The smallest absolute Gasteiger partial charge is 0.184 e. The second-order valence-electron chi connectivity index (χ2n) is 4.47. The molecule has 0 aliphatic carbocycles. The summed E-state index contributed by atoms with van der Waals surface area (Å²) >= 11 is 0. The Labute approximate surface area is 122 Å². The minimum Gasteiger partial charge on any atom is -0.496 e. The lowest BCUT2D eigenvalue weighted by Gasteiger charge is -2.15. The maximum Gasteiger partial charge on any atom is 0.184 e. The highest BCUT2D eigenvalue weighted by Crippen LogP contribution is 2.27. The van der Waals surface area contributed by atoms with E-state index in [1.54, 1.807) is 24.3 Å². The summed E-state index contributed by atoms with van der Waals surface area (Å²) in [5.74, 6) is -1.06. The number of methoxy groups -OCH3 is 1. The van der Waals surface area contributed by atoms with Crippen molar-refractivity contribution in [1.82, 2.24) is 0 Å². The average molecular weight is 310 g/mol. The zero-order chi connectivity index (χ0) is 15.5. The van der Waals surface area contributed by atoms with Crippen molar-refractivity contribution in [3.8, 4) is 5.75 Å². The standard InChI is InChI=1S/C15H15FO4S/c1-20-14-8-4-2-6-11(14)13(17)10-21(18,19)15-9-5-3-7-12(15)16/h2-9,13,17H,10H2,1H3.